The molecule has 2 aliphatic carbocycles. The Morgan fingerprint density at radius 1 is 0.696 bits per heavy atom. The fourth-order valence-corrected chi connectivity index (χ4v) is 3.19. The number of hydrogen-bond acceptors (Lipinski definition) is 1. The number of rotatable bonds is 3. The quantitative estimate of drug-likeness (QED) is 0.802. The Labute approximate surface area is 137 Å². The summed E-state index contributed by atoms with van der Waals surface area (Å²) in [4.78, 5) is 0. The molecule has 2 aromatic rings. The van der Waals surface area contributed by atoms with Gasteiger partial charge >= 0.3 is 0 Å². The first-order chi connectivity index (χ1) is 11.4. The second kappa shape index (κ2) is 6.13. The van der Waals surface area contributed by atoms with E-state index in [1.165, 1.54) is 16.7 Å². The van der Waals surface area contributed by atoms with Gasteiger partial charge in [-0.2, -0.15) is 0 Å². The third-order valence-corrected chi connectivity index (χ3v) is 4.42. The van der Waals surface area contributed by atoms with Crippen LogP contribution < -0.4 is 5.32 Å². The van der Waals surface area contributed by atoms with E-state index in [4.69, 9.17) is 0 Å². The molecule has 2 unspecified atom stereocenters. The van der Waals surface area contributed by atoms with E-state index in [0.717, 1.165) is 5.69 Å². The molecule has 4 rings (SSSR count). The lowest BCUT2D eigenvalue weighted by Gasteiger charge is -2.29. The van der Waals surface area contributed by atoms with Crippen molar-refractivity contribution in [3.8, 4) is 11.1 Å². The molecule has 23 heavy (non-hydrogen) atoms. The molecule has 0 spiro atoms. The van der Waals surface area contributed by atoms with Gasteiger partial charge in [0.05, 0.1) is 6.04 Å². The predicted octanol–water partition coefficient (Wildman–Crippen LogP) is 5.37. The van der Waals surface area contributed by atoms with Gasteiger partial charge in [0, 0.05) is 11.6 Å². The molecule has 112 valence electrons. The fraction of sp³-hybridized carbons (Fsp3) is 0.0909. The molecule has 0 saturated carbocycles. The van der Waals surface area contributed by atoms with E-state index in [2.05, 4.69) is 96.4 Å². The molecule has 0 saturated heterocycles. The summed E-state index contributed by atoms with van der Waals surface area (Å²) in [6.07, 6.45) is 15.3. The van der Waals surface area contributed by atoms with Crippen molar-refractivity contribution in [3.05, 3.63) is 103 Å². The van der Waals surface area contributed by atoms with Crippen LogP contribution in [0.5, 0.6) is 0 Å². The minimum absolute atomic E-state index is 0.304. The molecule has 0 aromatic heterocycles. The van der Waals surface area contributed by atoms with Crippen LogP contribution in [0.25, 0.3) is 11.1 Å². The molecule has 2 aromatic carbocycles. The zero-order chi connectivity index (χ0) is 15.5. The van der Waals surface area contributed by atoms with E-state index >= 15 is 0 Å². The van der Waals surface area contributed by atoms with E-state index in [-0.39, 0.29) is 0 Å². The number of allylic oxidation sites excluding steroid dienone is 5. The lowest BCUT2D eigenvalue weighted by Crippen LogP contribution is -2.29. The van der Waals surface area contributed by atoms with E-state index in [1.54, 1.807) is 0 Å². The number of fused-ring (bicyclic) bond motifs is 1. The van der Waals surface area contributed by atoms with Gasteiger partial charge in [-0.25, -0.2) is 0 Å². The van der Waals surface area contributed by atoms with Crippen molar-refractivity contribution in [3.63, 3.8) is 0 Å². The van der Waals surface area contributed by atoms with Crippen LogP contribution in [-0.4, -0.2) is 6.04 Å². The maximum Gasteiger partial charge on any atom is 0.0550 e. The van der Waals surface area contributed by atoms with E-state index in [0.29, 0.717) is 12.0 Å². The minimum atomic E-state index is 0.304. The number of anilines is 1. The van der Waals surface area contributed by atoms with E-state index in [1.807, 2.05) is 6.07 Å². The number of hydrogen-bond donors (Lipinski definition) is 1. The Kier molecular flexibility index (Phi) is 3.69. The van der Waals surface area contributed by atoms with Gasteiger partial charge in [0.2, 0.25) is 0 Å². The van der Waals surface area contributed by atoms with Gasteiger partial charge in [0.25, 0.3) is 0 Å². The number of nitrogens with one attached hydrogen (secondary N) is 1. The topological polar surface area (TPSA) is 12.0 Å². The smallest absolute Gasteiger partial charge is 0.0550 e. The molecule has 0 amide bonds. The first-order valence-electron chi connectivity index (χ1n) is 8.05. The zero-order valence-electron chi connectivity index (χ0n) is 12.9. The van der Waals surface area contributed by atoms with E-state index < -0.39 is 0 Å². The monoisotopic (exact) mass is 297 g/mol. The van der Waals surface area contributed by atoms with Crippen LogP contribution in [0.4, 0.5) is 5.69 Å². The SMILES string of the molecule is C1=CC2=CC=CC(Nc3ccc(-c4ccccc4)cc3)C2C=C1. The van der Waals surface area contributed by atoms with Crippen LogP contribution in [0.15, 0.2) is 103 Å². The first-order valence-corrected chi connectivity index (χ1v) is 8.05. The fourth-order valence-electron chi connectivity index (χ4n) is 3.19. The lowest BCUT2D eigenvalue weighted by atomic mass is 9.84. The summed E-state index contributed by atoms with van der Waals surface area (Å²) in [5.74, 6) is 0.416. The molecule has 2 atom stereocenters. The minimum Gasteiger partial charge on any atom is -0.378 e. The molecule has 0 aliphatic heterocycles. The van der Waals surface area contributed by atoms with Crippen LogP contribution in [0.2, 0.25) is 0 Å². The summed E-state index contributed by atoms with van der Waals surface area (Å²) in [5, 5.41) is 3.65. The van der Waals surface area contributed by atoms with Crippen molar-refractivity contribution in [1.29, 1.82) is 0 Å². The highest BCUT2D eigenvalue weighted by Gasteiger charge is 2.22. The summed E-state index contributed by atoms with van der Waals surface area (Å²) < 4.78 is 0. The highest BCUT2D eigenvalue weighted by Crippen LogP contribution is 2.29. The molecule has 1 nitrogen and oxygen atoms in total. The molecule has 2 aliphatic rings. The summed E-state index contributed by atoms with van der Waals surface area (Å²) in [6, 6.07) is 19.5. The molecule has 0 radical (unpaired) electrons. The van der Waals surface area contributed by atoms with Crippen LogP contribution >= 0.6 is 0 Å². The Bertz CT molecular complexity index is 792. The van der Waals surface area contributed by atoms with Gasteiger partial charge in [0.15, 0.2) is 0 Å². The molecule has 0 fully saturated rings. The Balaban J connectivity index is 1.52. The second-order valence-corrected chi connectivity index (χ2v) is 5.93. The van der Waals surface area contributed by atoms with Crippen molar-refractivity contribution in [2.75, 3.05) is 5.32 Å². The van der Waals surface area contributed by atoms with Crippen molar-refractivity contribution in [2.45, 2.75) is 6.04 Å². The van der Waals surface area contributed by atoms with Crippen LogP contribution in [0.1, 0.15) is 0 Å². The molecule has 1 heteroatoms. The summed E-state index contributed by atoms with van der Waals surface area (Å²) in [7, 11) is 0. The number of benzene rings is 2. The van der Waals surface area contributed by atoms with Gasteiger partial charge in [-0.15, -0.1) is 0 Å². The summed E-state index contributed by atoms with van der Waals surface area (Å²) in [6.45, 7) is 0. The molecule has 0 heterocycles. The van der Waals surface area contributed by atoms with Gasteiger partial charge in [-0.1, -0.05) is 85.0 Å². The third kappa shape index (κ3) is 2.91. The van der Waals surface area contributed by atoms with Crippen LogP contribution in [0, 0.1) is 5.92 Å². The predicted molar refractivity (Wildman–Crippen MR) is 98.3 cm³/mol. The second-order valence-electron chi connectivity index (χ2n) is 5.93. The normalized spacial score (nSPS) is 21.7. The molecular weight excluding hydrogens is 278 g/mol. The van der Waals surface area contributed by atoms with Gasteiger partial charge in [0.1, 0.15) is 0 Å². The van der Waals surface area contributed by atoms with Gasteiger partial charge in [-0.05, 0) is 28.8 Å². The summed E-state index contributed by atoms with van der Waals surface area (Å²) in [5.41, 5.74) is 5.02. The van der Waals surface area contributed by atoms with Gasteiger partial charge < -0.3 is 5.32 Å². The highest BCUT2D eigenvalue weighted by molar-refractivity contribution is 5.66. The molecular formula is C22H19N. The van der Waals surface area contributed by atoms with Crippen molar-refractivity contribution >= 4 is 5.69 Å². The van der Waals surface area contributed by atoms with Crippen molar-refractivity contribution in [1.82, 2.24) is 0 Å². The van der Waals surface area contributed by atoms with Crippen molar-refractivity contribution in [2.24, 2.45) is 5.92 Å². The lowest BCUT2D eigenvalue weighted by molar-refractivity contribution is 0.696. The highest BCUT2D eigenvalue weighted by atomic mass is 14.9. The van der Waals surface area contributed by atoms with Crippen LogP contribution in [-0.2, 0) is 0 Å². The zero-order valence-corrected chi connectivity index (χ0v) is 12.9. The Morgan fingerprint density at radius 2 is 1.48 bits per heavy atom. The average molecular weight is 297 g/mol. The van der Waals surface area contributed by atoms with E-state index in [9.17, 15) is 0 Å². The molecule has 0 bridgehead atoms. The maximum atomic E-state index is 3.65. The average Bonchev–Trinajstić information content (AvgIpc) is 2.63. The largest absolute Gasteiger partial charge is 0.378 e. The first kappa shape index (κ1) is 13.8. The Morgan fingerprint density at radius 3 is 2.30 bits per heavy atom. The third-order valence-electron chi connectivity index (χ3n) is 4.42. The van der Waals surface area contributed by atoms with Crippen molar-refractivity contribution < 1.29 is 0 Å². The Hall–Kier alpha value is -2.80. The maximum absolute atomic E-state index is 3.65. The van der Waals surface area contributed by atoms with Gasteiger partial charge in [-0.3, -0.25) is 0 Å². The standard InChI is InChI=1S/C22H19N/c1-2-7-17(8-3-1)18-13-15-20(16-14-18)23-22-12-6-10-19-9-4-5-11-21(19)22/h1-16,21-23H. The van der Waals surface area contributed by atoms with Crippen LogP contribution in [0.3, 0.4) is 0 Å². The summed E-state index contributed by atoms with van der Waals surface area (Å²) >= 11 is 0. The molecule has 1 N–H and O–H groups in total.